The lowest BCUT2D eigenvalue weighted by atomic mass is 9.88. The van der Waals surface area contributed by atoms with E-state index in [9.17, 15) is 4.79 Å². The van der Waals surface area contributed by atoms with Gasteiger partial charge in [-0.2, -0.15) is 5.10 Å². The van der Waals surface area contributed by atoms with Gasteiger partial charge in [-0.05, 0) is 19.8 Å². The van der Waals surface area contributed by atoms with Gasteiger partial charge in [0.2, 0.25) is 5.91 Å². The average Bonchev–Trinajstić information content (AvgIpc) is 3.19. The number of imidazole rings is 1. The first-order chi connectivity index (χ1) is 11.1. The topological polar surface area (TPSA) is 113 Å². The zero-order chi connectivity index (χ0) is 16.6. The number of aromatic amines is 1. The van der Waals surface area contributed by atoms with E-state index < -0.39 is 0 Å². The number of anilines is 1. The van der Waals surface area contributed by atoms with Crippen LogP contribution in [0.3, 0.4) is 0 Å². The number of rotatable bonds is 2. The van der Waals surface area contributed by atoms with Crippen molar-refractivity contribution in [3.8, 4) is 0 Å². The molecule has 1 aliphatic carbocycles. The van der Waals surface area contributed by atoms with E-state index >= 15 is 0 Å². The van der Waals surface area contributed by atoms with Crippen molar-refractivity contribution in [1.82, 2.24) is 19.7 Å². The second-order valence-electron chi connectivity index (χ2n) is 5.87. The standard InChI is InChI=1S/C14H17N5O.CH2O2/c1-7-15-6-10(19(7)2)9-5-11(20)16-14-12(9)13(17-18-14)8-3-4-8;2-1-3/h6,8-9H,3-5H2,1-2H3,(H2,16,17,18,20);1H,(H,2,3). The number of carbonyl (C=O) groups excluding carboxylic acids is 1. The Kier molecular flexibility index (Phi) is 3.89. The number of carboxylic acid groups (broad SMARTS) is 1. The van der Waals surface area contributed by atoms with E-state index in [1.54, 1.807) is 0 Å². The monoisotopic (exact) mass is 317 g/mol. The molecule has 1 unspecified atom stereocenters. The third-order valence-corrected chi connectivity index (χ3v) is 4.43. The summed E-state index contributed by atoms with van der Waals surface area (Å²) in [4.78, 5) is 24.7. The number of aromatic nitrogens is 4. The molecular formula is C15H19N5O3. The number of aryl methyl sites for hydroxylation is 1. The minimum atomic E-state index is -0.250. The molecule has 2 aromatic rings. The van der Waals surface area contributed by atoms with Crippen LogP contribution >= 0.6 is 0 Å². The molecule has 1 saturated carbocycles. The lowest BCUT2D eigenvalue weighted by molar-refractivity contribution is -0.123. The predicted molar refractivity (Wildman–Crippen MR) is 82.3 cm³/mol. The first-order valence-corrected chi connectivity index (χ1v) is 7.50. The van der Waals surface area contributed by atoms with Crippen molar-refractivity contribution in [3.63, 3.8) is 0 Å². The van der Waals surface area contributed by atoms with Gasteiger partial charge >= 0.3 is 0 Å². The van der Waals surface area contributed by atoms with Crippen LogP contribution in [0.15, 0.2) is 6.20 Å². The van der Waals surface area contributed by atoms with Gasteiger partial charge in [0.15, 0.2) is 5.82 Å². The number of carbonyl (C=O) groups is 2. The molecule has 4 rings (SSSR count). The highest BCUT2D eigenvalue weighted by Crippen LogP contribution is 2.47. The number of hydrogen-bond acceptors (Lipinski definition) is 4. The number of fused-ring (bicyclic) bond motifs is 1. The molecule has 0 bridgehead atoms. The van der Waals surface area contributed by atoms with Crippen molar-refractivity contribution in [3.05, 3.63) is 29.0 Å². The molecule has 23 heavy (non-hydrogen) atoms. The van der Waals surface area contributed by atoms with Crippen LogP contribution < -0.4 is 5.32 Å². The quantitative estimate of drug-likeness (QED) is 0.727. The summed E-state index contributed by atoms with van der Waals surface area (Å²) >= 11 is 0. The van der Waals surface area contributed by atoms with Crippen LogP contribution in [0.4, 0.5) is 5.82 Å². The first-order valence-electron chi connectivity index (χ1n) is 7.50. The Morgan fingerprint density at radius 3 is 2.70 bits per heavy atom. The van der Waals surface area contributed by atoms with Gasteiger partial charge in [-0.25, -0.2) is 4.98 Å². The van der Waals surface area contributed by atoms with E-state index in [0.717, 1.165) is 17.1 Å². The van der Waals surface area contributed by atoms with Gasteiger partial charge in [0.25, 0.3) is 6.47 Å². The largest absolute Gasteiger partial charge is 0.483 e. The molecule has 0 aromatic carbocycles. The van der Waals surface area contributed by atoms with Crippen molar-refractivity contribution < 1.29 is 14.7 Å². The van der Waals surface area contributed by atoms with E-state index in [0.29, 0.717) is 18.2 Å². The molecule has 8 heteroatoms. The van der Waals surface area contributed by atoms with Gasteiger partial charge in [0.05, 0.1) is 0 Å². The Morgan fingerprint density at radius 2 is 2.13 bits per heavy atom. The summed E-state index contributed by atoms with van der Waals surface area (Å²) in [6.07, 6.45) is 4.76. The second-order valence-corrected chi connectivity index (χ2v) is 5.87. The van der Waals surface area contributed by atoms with Crippen LogP contribution in [-0.2, 0) is 16.6 Å². The molecule has 2 aromatic heterocycles. The lowest BCUT2D eigenvalue weighted by Crippen LogP contribution is -2.24. The van der Waals surface area contributed by atoms with Gasteiger partial charge in [0.1, 0.15) is 5.82 Å². The molecule has 1 amide bonds. The van der Waals surface area contributed by atoms with Crippen LogP contribution in [0.2, 0.25) is 0 Å². The van der Waals surface area contributed by atoms with Crippen LogP contribution in [-0.4, -0.2) is 37.2 Å². The molecule has 2 aliphatic rings. The Morgan fingerprint density at radius 1 is 1.43 bits per heavy atom. The van der Waals surface area contributed by atoms with Crippen LogP contribution in [0.5, 0.6) is 0 Å². The zero-order valence-electron chi connectivity index (χ0n) is 13.0. The number of hydrogen-bond donors (Lipinski definition) is 3. The maximum absolute atomic E-state index is 11.9. The number of nitrogens with one attached hydrogen (secondary N) is 2. The van der Waals surface area contributed by atoms with E-state index in [2.05, 4.69) is 25.1 Å². The number of nitrogens with zero attached hydrogens (tertiary/aromatic N) is 3. The van der Waals surface area contributed by atoms with E-state index in [1.807, 2.05) is 20.2 Å². The molecule has 0 saturated heterocycles. The van der Waals surface area contributed by atoms with Gasteiger partial charge in [-0.3, -0.25) is 14.7 Å². The van der Waals surface area contributed by atoms with Gasteiger partial charge in [-0.15, -0.1) is 0 Å². The Labute approximate surface area is 132 Å². The minimum Gasteiger partial charge on any atom is -0.483 e. The molecule has 0 radical (unpaired) electrons. The highest BCUT2D eigenvalue weighted by molar-refractivity contribution is 5.94. The number of amides is 1. The van der Waals surface area contributed by atoms with Crippen molar-refractivity contribution in [2.75, 3.05) is 5.32 Å². The summed E-state index contributed by atoms with van der Waals surface area (Å²) in [6, 6.07) is 0. The summed E-state index contributed by atoms with van der Waals surface area (Å²) in [5, 5.41) is 17.2. The summed E-state index contributed by atoms with van der Waals surface area (Å²) < 4.78 is 2.07. The zero-order valence-corrected chi connectivity index (χ0v) is 13.0. The Hall–Kier alpha value is -2.64. The maximum Gasteiger partial charge on any atom is 0.290 e. The molecule has 0 spiro atoms. The molecule has 122 valence electrons. The van der Waals surface area contributed by atoms with Gasteiger partial charge < -0.3 is 15.0 Å². The Balaban J connectivity index is 0.000000485. The van der Waals surface area contributed by atoms with Gasteiger partial charge in [-0.1, -0.05) is 0 Å². The smallest absolute Gasteiger partial charge is 0.290 e. The van der Waals surface area contributed by atoms with E-state index in [1.165, 1.54) is 18.5 Å². The highest BCUT2D eigenvalue weighted by Gasteiger charge is 2.38. The SMILES string of the molecule is Cc1ncc(C2CC(=O)Nc3n[nH]c(C4CC4)c32)n1C.O=CO. The third kappa shape index (κ3) is 2.71. The molecule has 1 fully saturated rings. The predicted octanol–water partition coefficient (Wildman–Crippen LogP) is 1.50. The van der Waals surface area contributed by atoms with Crippen molar-refractivity contribution in [1.29, 1.82) is 0 Å². The average molecular weight is 317 g/mol. The molecule has 8 nitrogen and oxygen atoms in total. The summed E-state index contributed by atoms with van der Waals surface area (Å²) in [5.41, 5.74) is 3.45. The maximum atomic E-state index is 11.9. The van der Waals surface area contributed by atoms with Crippen LogP contribution in [0.1, 0.15) is 53.9 Å². The molecule has 1 atom stereocenters. The third-order valence-electron chi connectivity index (χ3n) is 4.43. The Bertz CT molecular complexity index is 744. The van der Waals surface area contributed by atoms with E-state index in [4.69, 9.17) is 9.90 Å². The lowest BCUT2D eigenvalue weighted by Gasteiger charge is -2.23. The van der Waals surface area contributed by atoms with Crippen molar-refractivity contribution in [2.24, 2.45) is 7.05 Å². The van der Waals surface area contributed by atoms with E-state index in [-0.39, 0.29) is 18.3 Å². The number of H-pyrrole nitrogens is 1. The van der Waals surface area contributed by atoms with Crippen molar-refractivity contribution in [2.45, 2.75) is 38.0 Å². The molecule has 3 N–H and O–H groups in total. The fourth-order valence-electron chi connectivity index (χ4n) is 3.06. The van der Waals surface area contributed by atoms with Crippen LogP contribution in [0, 0.1) is 6.92 Å². The molecule has 1 aliphatic heterocycles. The minimum absolute atomic E-state index is 0.0233. The molecular weight excluding hydrogens is 298 g/mol. The fraction of sp³-hybridized carbons (Fsp3) is 0.467. The normalized spacial score (nSPS) is 19.4. The van der Waals surface area contributed by atoms with Gasteiger partial charge in [0, 0.05) is 48.5 Å². The highest BCUT2D eigenvalue weighted by atomic mass is 16.3. The summed E-state index contributed by atoms with van der Waals surface area (Å²) in [5.74, 6) is 2.32. The fourth-order valence-corrected chi connectivity index (χ4v) is 3.06. The summed E-state index contributed by atoms with van der Waals surface area (Å²) in [7, 11) is 2.00. The summed E-state index contributed by atoms with van der Waals surface area (Å²) in [6.45, 7) is 1.73. The van der Waals surface area contributed by atoms with Crippen LogP contribution in [0.25, 0.3) is 0 Å². The first kappa shape index (κ1) is 15.3. The van der Waals surface area contributed by atoms with Crippen molar-refractivity contribution >= 4 is 18.2 Å². The molecule has 3 heterocycles. The second kappa shape index (κ2) is 5.86.